The van der Waals surface area contributed by atoms with E-state index in [0.717, 1.165) is 12.8 Å². The predicted molar refractivity (Wildman–Crippen MR) is 72.1 cm³/mol. The van der Waals surface area contributed by atoms with Gasteiger partial charge in [-0.25, -0.2) is 4.79 Å². The molecule has 0 spiro atoms. The van der Waals surface area contributed by atoms with Crippen LogP contribution in [0.15, 0.2) is 24.3 Å². The van der Waals surface area contributed by atoms with Crippen molar-refractivity contribution < 1.29 is 14.3 Å². The van der Waals surface area contributed by atoms with Crippen LogP contribution in [-0.4, -0.2) is 31.7 Å². The van der Waals surface area contributed by atoms with Crippen molar-refractivity contribution >= 4 is 23.3 Å². The molecule has 1 fully saturated rings. The third-order valence-corrected chi connectivity index (χ3v) is 2.84. The number of benzene rings is 1. The van der Waals surface area contributed by atoms with Gasteiger partial charge in [0.25, 0.3) is 5.91 Å². The van der Waals surface area contributed by atoms with E-state index < -0.39 is 0 Å². The van der Waals surface area contributed by atoms with Gasteiger partial charge >= 0.3 is 6.03 Å². The minimum atomic E-state index is -0.365. The molecule has 1 aromatic rings. The SMILES string of the molecule is CNC(=O)Nc1cccc(NC(=O)C2CCCO2)c1. The number of hydrogen-bond donors (Lipinski definition) is 3. The minimum absolute atomic E-state index is 0.144. The monoisotopic (exact) mass is 263 g/mol. The summed E-state index contributed by atoms with van der Waals surface area (Å²) in [5.41, 5.74) is 1.25. The average Bonchev–Trinajstić information content (AvgIpc) is 2.93. The molecule has 1 unspecified atom stereocenters. The van der Waals surface area contributed by atoms with Crippen LogP contribution in [0.25, 0.3) is 0 Å². The zero-order chi connectivity index (χ0) is 13.7. The van der Waals surface area contributed by atoms with Gasteiger partial charge in [0, 0.05) is 25.0 Å². The second-order valence-electron chi connectivity index (χ2n) is 4.28. The van der Waals surface area contributed by atoms with E-state index >= 15 is 0 Å². The molecular weight excluding hydrogens is 246 g/mol. The Morgan fingerprint density at radius 1 is 1.26 bits per heavy atom. The van der Waals surface area contributed by atoms with Crippen LogP contribution in [0.1, 0.15) is 12.8 Å². The van der Waals surface area contributed by atoms with Crippen molar-refractivity contribution in [3.63, 3.8) is 0 Å². The van der Waals surface area contributed by atoms with Crippen molar-refractivity contribution in [2.24, 2.45) is 0 Å². The van der Waals surface area contributed by atoms with Crippen LogP contribution < -0.4 is 16.0 Å². The van der Waals surface area contributed by atoms with Crippen LogP contribution in [0.2, 0.25) is 0 Å². The van der Waals surface area contributed by atoms with Gasteiger partial charge in [-0.3, -0.25) is 4.79 Å². The van der Waals surface area contributed by atoms with Crippen LogP contribution >= 0.6 is 0 Å². The molecule has 0 bridgehead atoms. The maximum absolute atomic E-state index is 11.9. The summed E-state index contributed by atoms with van der Waals surface area (Å²) >= 11 is 0. The Morgan fingerprint density at radius 3 is 2.63 bits per heavy atom. The number of rotatable bonds is 3. The molecule has 1 heterocycles. The zero-order valence-corrected chi connectivity index (χ0v) is 10.7. The molecule has 0 saturated carbocycles. The Morgan fingerprint density at radius 2 is 2.00 bits per heavy atom. The van der Waals surface area contributed by atoms with Gasteiger partial charge in [-0.2, -0.15) is 0 Å². The van der Waals surface area contributed by atoms with Crippen molar-refractivity contribution in [1.29, 1.82) is 0 Å². The molecule has 0 aromatic heterocycles. The second-order valence-corrected chi connectivity index (χ2v) is 4.28. The van der Waals surface area contributed by atoms with E-state index in [-0.39, 0.29) is 18.0 Å². The fourth-order valence-corrected chi connectivity index (χ4v) is 1.88. The molecule has 102 valence electrons. The maximum atomic E-state index is 11.9. The third kappa shape index (κ3) is 3.69. The van der Waals surface area contributed by atoms with Crippen LogP contribution in [0, 0.1) is 0 Å². The van der Waals surface area contributed by atoms with Gasteiger partial charge in [-0.15, -0.1) is 0 Å². The number of carbonyl (C=O) groups is 2. The minimum Gasteiger partial charge on any atom is -0.368 e. The number of nitrogens with one attached hydrogen (secondary N) is 3. The number of anilines is 2. The van der Waals surface area contributed by atoms with E-state index in [4.69, 9.17) is 4.74 Å². The van der Waals surface area contributed by atoms with Gasteiger partial charge in [-0.1, -0.05) is 6.07 Å². The first-order valence-electron chi connectivity index (χ1n) is 6.20. The number of carbonyl (C=O) groups excluding carboxylic acids is 2. The molecule has 2 rings (SSSR count). The van der Waals surface area contributed by atoms with Crippen molar-refractivity contribution in [1.82, 2.24) is 5.32 Å². The molecule has 3 amide bonds. The van der Waals surface area contributed by atoms with Crippen molar-refractivity contribution in [2.45, 2.75) is 18.9 Å². The quantitative estimate of drug-likeness (QED) is 0.774. The van der Waals surface area contributed by atoms with E-state index in [1.54, 1.807) is 31.3 Å². The largest absolute Gasteiger partial charge is 0.368 e. The smallest absolute Gasteiger partial charge is 0.318 e. The molecule has 0 aliphatic carbocycles. The lowest BCUT2D eigenvalue weighted by Crippen LogP contribution is -2.27. The van der Waals surface area contributed by atoms with Gasteiger partial charge in [0.1, 0.15) is 6.10 Å². The van der Waals surface area contributed by atoms with Gasteiger partial charge < -0.3 is 20.7 Å². The van der Waals surface area contributed by atoms with Crippen LogP contribution in [-0.2, 0) is 9.53 Å². The summed E-state index contributed by atoms with van der Waals surface area (Å²) in [5.74, 6) is -0.144. The lowest BCUT2D eigenvalue weighted by molar-refractivity contribution is -0.124. The predicted octanol–water partition coefficient (Wildman–Crippen LogP) is 1.56. The summed E-state index contributed by atoms with van der Waals surface area (Å²) in [5, 5.41) is 7.88. The Bertz CT molecular complexity index is 470. The topological polar surface area (TPSA) is 79.5 Å². The van der Waals surface area contributed by atoms with Crippen molar-refractivity contribution in [3.05, 3.63) is 24.3 Å². The first-order chi connectivity index (χ1) is 9.19. The molecular formula is C13H17N3O3. The van der Waals surface area contributed by atoms with Gasteiger partial charge in [0.2, 0.25) is 0 Å². The normalized spacial score (nSPS) is 17.8. The first kappa shape index (κ1) is 13.4. The number of urea groups is 1. The molecule has 1 aromatic carbocycles. The number of ether oxygens (including phenoxy) is 1. The lowest BCUT2D eigenvalue weighted by atomic mass is 10.2. The Labute approximate surface area is 111 Å². The molecule has 19 heavy (non-hydrogen) atoms. The fourth-order valence-electron chi connectivity index (χ4n) is 1.88. The Balaban J connectivity index is 1.98. The van der Waals surface area contributed by atoms with Crippen LogP contribution in [0.4, 0.5) is 16.2 Å². The van der Waals surface area contributed by atoms with E-state index in [0.29, 0.717) is 18.0 Å². The fraction of sp³-hybridized carbons (Fsp3) is 0.385. The van der Waals surface area contributed by atoms with Crippen molar-refractivity contribution in [3.8, 4) is 0 Å². The average molecular weight is 263 g/mol. The summed E-state index contributed by atoms with van der Waals surface area (Å²) in [6.07, 6.45) is 1.30. The summed E-state index contributed by atoms with van der Waals surface area (Å²) in [4.78, 5) is 23.1. The van der Waals surface area contributed by atoms with Crippen molar-refractivity contribution in [2.75, 3.05) is 24.3 Å². The van der Waals surface area contributed by atoms with Gasteiger partial charge in [0.05, 0.1) is 0 Å². The molecule has 1 aliphatic rings. The second kappa shape index (κ2) is 6.19. The van der Waals surface area contributed by atoms with E-state index in [1.807, 2.05) is 0 Å². The van der Waals surface area contributed by atoms with Crippen LogP contribution in [0.3, 0.4) is 0 Å². The van der Waals surface area contributed by atoms with E-state index in [9.17, 15) is 9.59 Å². The molecule has 6 nitrogen and oxygen atoms in total. The zero-order valence-electron chi connectivity index (χ0n) is 10.7. The maximum Gasteiger partial charge on any atom is 0.318 e. The summed E-state index contributed by atoms with van der Waals surface area (Å²) < 4.78 is 5.31. The van der Waals surface area contributed by atoms with E-state index in [1.165, 1.54) is 0 Å². The highest BCUT2D eigenvalue weighted by molar-refractivity contribution is 5.95. The molecule has 1 aliphatic heterocycles. The van der Waals surface area contributed by atoms with E-state index in [2.05, 4.69) is 16.0 Å². The molecule has 3 N–H and O–H groups in total. The summed E-state index contributed by atoms with van der Waals surface area (Å²) in [6, 6.07) is 6.67. The highest BCUT2D eigenvalue weighted by Crippen LogP contribution is 2.18. The highest BCUT2D eigenvalue weighted by Gasteiger charge is 2.23. The number of hydrogen-bond acceptors (Lipinski definition) is 3. The Kier molecular flexibility index (Phi) is 4.35. The Hall–Kier alpha value is -2.08. The summed E-state index contributed by atoms with van der Waals surface area (Å²) in [6.45, 7) is 0.635. The molecule has 0 radical (unpaired) electrons. The van der Waals surface area contributed by atoms with Gasteiger partial charge in [-0.05, 0) is 31.0 Å². The molecule has 1 atom stereocenters. The molecule has 6 heteroatoms. The van der Waals surface area contributed by atoms with Gasteiger partial charge in [0.15, 0.2) is 0 Å². The number of amides is 3. The first-order valence-corrected chi connectivity index (χ1v) is 6.20. The summed E-state index contributed by atoms with van der Waals surface area (Å²) in [7, 11) is 1.54. The lowest BCUT2D eigenvalue weighted by Gasteiger charge is -2.11. The highest BCUT2D eigenvalue weighted by atomic mass is 16.5. The van der Waals surface area contributed by atoms with Crippen LogP contribution in [0.5, 0.6) is 0 Å². The third-order valence-electron chi connectivity index (χ3n) is 2.84. The molecule has 1 saturated heterocycles. The standard InChI is InChI=1S/C13H17N3O3/c1-14-13(18)16-10-5-2-4-9(8-10)15-12(17)11-6-3-7-19-11/h2,4-5,8,11H,3,6-7H2,1H3,(H,15,17)(H2,14,16,18).